The Hall–Kier alpha value is -2.90. The lowest BCUT2D eigenvalue weighted by Gasteiger charge is -2.38. The van der Waals surface area contributed by atoms with Gasteiger partial charge in [0.05, 0.1) is 5.69 Å². The summed E-state index contributed by atoms with van der Waals surface area (Å²) >= 11 is 0. The zero-order chi connectivity index (χ0) is 22.5. The Morgan fingerprint density at radius 3 is 2.69 bits per heavy atom. The first kappa shape index (κ1) is 22.3. The molecule has 3 aromatic rings. The van der Waals surface area contributed by atoms with E-state index in [-0.39, 0.29) is 0 Å². The van der Waals surface area contributed by atoms with Crippen molar-refractivity contribution in [3.8, 4) is 11.3 Å². The molecule has 2 atom stereocenters. The first-order valence-electron chi connectivity index (χ1n) is 11.1. The maximum absolute atomic E-state index is 13.3. The molecule has 0 radical (unpaired) electrons. The van der Waals surface area contributed by atoms with Gasteiger partial charge in [0.1, 0.15) is 11.6 Å². The Bertz CT molecular complexity index is 1040. The Kier molecular flexibility index (Phi) is 7.07. The standard InChI is InChI=1S/C25H29F2N5/c1-17-18(2)32(11-10-28-17)16-20-4-3-5-21(12-20)24-7-9-30-25(31-24)29-8-6-19-13-22(26)15-23(27)14-19/h3-5,7,9,12-15,17-18,28H,6,8,10-11,16H2,1-2H3,(H,29,30,31). The summed E-state index contributed by atoms with van der Waals surface area (Å²) < 4.78 is 26.7. The molecule has 2 N–H and O–H groups in total. The number of aromatic nitrogens is 2. The van der Waals surface area contributed by atoms with Gasteiger partial charge in [-0.3, -0.25) is 4.90 Å². The van der Waals surface area contributed by atoms with Crippen molar-refractivity contribution in [2.75, 3.05) is 25.0 Å². The van der Waals surface area contributed by atoms with Crippen LogP contribution >= 0.6 is 0 Å². The van der Waals surface area contributed by atoms with E-state index in [4.69, 9.17) is 0 Å². The molecule has 4 rings (SSSR count). The smallest absolute Gasteiger partial charge is 0.223 e. The van der Waals surface area contributed by atoms with Gasteiger partial charge >= 0.3 is 0 Å². The van der Waals surface area contributed by atoms with E-state index in [2.05, 4.69) is 63.6 Å². The van der Waals surface area contributed by atoms with E-state index in [1.165, 1.54) is 17.7 Å². The fourth-order valence-electron chi connectivity index (χ4n) is 4.09. The van der Waals surface area contributed by atoms with Crippen LogP contribution in [0.5, 0.6) is 0 Å². The Morgan fingerprint density at radius 2 is 1.88 bits per heavy atom. The predicted molar refractivity (Wildman–Crippen MR) is 123 cm³/mol. The molecule has 168 valence electrons. The predicted octanol–water partition coefficient (Wildman–Crippen LogP) is 4.26. The summed E-state index contributed by atoms with van der Waals surface area (Å²) in [6.07, 6.45) is 2.19. The molecule has 32 heavy (non-hydrogen) atoms. The van der Waals surface area contributed by atoms with Crippen molar-refractivity contribution in [1.29, 1.82) is 0 Å². The average molecular weight is 438 g/mol. The minimum absolute atomic E-state index is 0.471. The first-order valence-corrected chi connectivity index (χ1v) is 11.1. The zero-order valence-corrected chi connectivity index (χ0v) is 18.5. The summed E-state index contributed by atoms with van der Waals surface area (Å²) in [5.41, 5.74) is 3.72. The maximum atomic E-state index is 13.3. The molecule has 2 aromatic carbocycles. The zero-order valence-electron chi connectivity index (χ0n) is 18.5. The minimum Gasteiger partial charge on any atom is -0.354 e. The fourth-order valence-corrected chi connectivity index (χ4v) is 4.09. The van der Waals surface area contributed by atoms with Gasteiger partial charge in [-0.15, -0.1) is 0 Å². The number of nitrogens with one attached hydrogen (secondary N) is 2. The molecule has 1 aliphatic rings. The van der Waals surface area contributed by atoms with Crippen LogP contribution in [0.2, 0.25) is 0 Å². The third-order valence-electron chi connectivity index (χ3n) is 6.05. The Balaban J connectivity index is 1.41. The van der Waals surface area contributed by atoms with Crippen molar-refractivity contribution in [3.05, 3.63) is 77.5 Å². The molecule has 1 saturated heterocycles. The van der Waals surface area contributed by atoms with Crippen LogP contribution in [0.15, 0.2) is 54.7 Å². The van der Waals surface area contributed by atoms with Gasteiger partial charge in [0.15, 0.2) is 0 Å². The van der Waals surface area contributed by atoms with Gasteiger partial charge in [-0.05, 0) is 55.7 Å². The van der Waals surface area contributed by atoms with Crippen LogP contribution in [0.3, 0.4) is 0 Å². The van der Waals surface area contributed by atoms with E-state index in [9.17, 15) is 8.78 Å². The molecule has 2 heterocycles. The van der Waals surface area contributed by atoms with Crippen molar-refractivity contribution < 1.29 is 8.78 Å². The quantitative estimate of drug-likeness (QED) is 0.579. The summed E-state index contributed by atoms with van der Waals surface area (Å²) in [6, 6.07) is 14.9. The van der Waals surface area contributed by atoms with Gasteiger partial charge in [-0.1, -0.05) is 18.2 Å². The lowest BCUT2D eigenvalue weighted by molar-refractivity contribution is 0.131. The molecule has 0 aliphatic carbocycles. The number of nitrogens with zero attached hydrogens (tertiary/aromatic N) is 3. The first-order chi connectivity index (χ1) is 15.5. The SMILES string of the molecule is CC1NCCN(Cc2cccc(-c3ccnc(NCCc4cc(F)cc(F)c4)n3)c2)C1C. The van der Waals surface area contributed by atoms with Crippen LogP contribution in [-0.4, -0.2) is 46.6 Å². The van der Waals surface area contributed by atoms with E-state index in [1.807, 2.05) is 6.07 Å². The third-order valence-corrected chi connectivity index (χ3v) is 6.05. The second-order valence-electron chi connectivity index (χ2n) is 8.37. The van der Waals surface area contributed by atoms with Crippen LogP contribution in [-0.2, 0) is 13.0 Å². The Morgan fingerprint density at radius 1 is 1.06 bits per heavy atom. The molecule has 0 spiro atoms. The van der Waals surface area contributed by atoms with Crippen molar-refractivity contribution in [3.63, 3.8) is 0 Å². The molecule has 1 aromatic heterocycles. The molecule has 2 unspecified atom stereocenters. The van der Waals surface area contributed by atoms with Crippen LogP contribution in [0, 0.1) is 11.6 Å². The number of piperazine rings is 1. The molecular weight excluding hydrogens is 408 g/mol. The molecule has 5 nitrogen and oxygen atoms in total. The van der Waals surface area contributed by atoms with Gasteiger partial charge in [-0.2, -0.15) is 0 Å². The number of halogens is 2. The summed E-state index contributed by atoms with van der Waals surface area (Å²) in [7, 11) is 0. The summed E-state index contributed by atoms with van der Waals surface area (Å²) in [6.45, 7) is 7.92. The van der Waals surface area contributed by atoms with E-state index in [0.29, 0.717) is 36.6 Å². The number of benzene rings is 2. The van der Waals surface area contributed by atoms with Crippen molar-refractivity contribution >= 4 is 5.95 Å². The monoisotopic (exact) mass is 437 g/mol. The van der Waals surface area contributed by atoms with E-state index in [0.717, 1.165) is 37.0 Å². The van der Waals surface area contributed by atoms with E-state index < -0.39 is 11.6 Å². The van der Waals surface area contributed by atoms with E-state index in [1.54, 1.807) is 6.20 Å². The molecule has 0 saturated carbocycles. The highest BCUT2D eigenvalue weighted by atomic mass is 19.1. The van der Waals surface area contributed by atoms with Crippen LogP contribution in [0.1, 0.15) is 25.0 Å². The van der Waals surface area contributed by atoms with Crippen LogP contribution in [0.4, 0.5) is 14.7 Å². The van der Waals surface area contributed by atoms with Crippen molar-refractivity contribution in [2.45, 2.75) is 38.9 Å². The molecule has 0 bridgehead atoms. The summed E-state index contributed by atoms with van der Waals surface area (Å²) in [4.78, 5) is 11.4. The highest BCUT2D eigenvalue weighted by Gasteiger charge is 2.24. The van der Waals surface area contributed by atoms with Crippen molar-refractivity contribution in [1.82, 2.24) is 20.2 Å². The van der Waals surface area contributed by atoms with Crippen LogP contribution in [0.25, 0.3) is 11.3 Å². The summed E-state index contributed by atoms with van der Waals surface area (Å²) in [5, 5.41) is 6.67. The average Bonchev–Trinajstić information content (AvgIpc) is 2.77. The van der Waals surface area contributed by atoms with Gasteiger partial charge in [-0.25, -0.2) is 18.7 Å². The number of rotatable bonds is 7. The molecule has 0 amide bonds. The van der Waals surface area contributed by atoms with E-state index >= 15 is 0 Å². The van der Waals surface area contributed by atoms with Gasteiger partial charge in [0.25, 0.3) is 0 Å². The molecular formula is C25H29F2N5. The molecule has 1 aliphatic heterocycles. The molecule has 1 fully saturated rings. The fraction of sp³-hybridized carbons (Fsp3) is 0.360. The minimum atomic E-state index is -0.567. The topological polar surface area (TPSA) is 53.1 Å². The largest absolute Gasteiger partial charge is 0.354 e. The molecule has 7 heteroatoms. The summed E-state index contributed by atoms with van der Waals surface area (Å²) in [5.74, 6) is -0.639. The van der Waals surface area contributed by atoms with Gasteiger partial charge in [0.2, 0.25) is 5.95 Å². The third kappa shape index (κ3) is 5.66. The lowest BCUT2D eigenvalue weighted by Crippen LogP contribution is -2.54. The number of anilines is 1. The lowest BCUT2D eigenvalue weighted by atomic mass is 10.0. The Labute approximate surface area is 187 Å². The normalized spacial score (nSPS) is 19.1. The number of hydrogen-bond acceptors (Lipinski definition) is 5. The van der Waals surface area contributed by atoms with Crippen molar-refractivity contribution in [2.24, 2.45) is 0 Å². The van der Waals surface area contributed by atoms with Gasteiger partial charge in [0, 0.05) is 56.1 Å². The highest BCUT2D eigenvalue weighted by molar-refractivity contribution is 5.61. The second kappa shape index (κ2) is 10.1. The van der Waals surface area contributed by atoms with Crippen LogP contribution < -0.4 is 10.6 Å². The van der Waals surface area contributed by atoms with Gasteiger partial charge < -0.3 is 10.6 Å². The maximum Gasteiger partial charge on any atom is 0.223 e. The number of hydrogen-bond donors (Lipinski definition) is 2. The second-order valence-corrected chi connectivity index (χ2v) is 8.37. The highest BCUT2D eigenvalue weighted by Crippen LogP contribution is 2.21.